The summed E-state index contributed by atoms with van der Waals surface area (Å²) in [6.45, 7) is 9.96. The molecule has 2 fully saturated rings. The Morgan fingerprint density at radius 1 is 1.04 bits per heavy atom. The molecule has 6 nitrogen and oxygen atoms in total. The van der Waals surface area contributed by atoms with Gasteiger partial charge in [-0.3, -0.25) is 9.69 Å². The summed E-state index contributed by atoms with van der Waals surface area (Å²) in [5.74, 6) is 1.45. The second-order valence-corrected chi connectivity index (χ2v) is 8.62. The SMILES string of the molecule is CC(C)c1nc(N2CCN(C(=O)CN3CCCC3)CC2)c(C#N)c2c1CCC2. The number of anilines is 1. The maximum absolute atomic E-state index is 12.6. The van der Waals surface area contributed by atoms with Crippen molar-refractivity contribution in [1.82, 2.24) is 14.8 Å². The Labute approximate surface area is 168 Å². The van der Waals surface area contributed by atoms with E-state index >= 15 is 0 Å². The number of aromatic nitrogens is 1. The average molecular weight is 382 g/mol. The van der Waals surface area contributed by atoms with Crippen molar-refractivity contribution >= 4 is 11.7 Å². The highest BCUT2D eigenvalue weighted by Gasteiger charge is 2.29. The van der Waals surface area contributed by atoms with Crippen molar-refractivity contribution in [3.05, 3.63) is 22.4 Å². The zero-order valence-electron chi connectivity index (χ0n) is 17.2. The van der Waals surface area contributed by atoms with E-state index in [0.29, 0.717) is 25.6 Å². The van der Waals surface area contributed by atoms with Gasteiger partial charge >= 0.3 is 0 Å². The minimum absolute atomic E-state index is 0.242. The molecule has 28 heavy (non-hydrogen) atoms. The molecule has 2 aliphatic heterocycles. The van der Waals surface area contributed by atoms with Gasteiger partial charge in [0.15, 0.2) is 0 Å². The summed E-state index contributed by atoms with van der Waals surface area (Å²) in [4.78, 5) is 24.1. The molecule has 0 bridgehead atoms. The number of carbonyl (C=O) groups is 1. The van der Waals surface area contributed by atoms with Crippen molar-refractivity contribution in [3.8, 4) is 6.07 Å². The molecule has 0 radical (unpaired) electrons. The van der Waals surface area contributed by atoms with E-state index in [1.54, 1.807) is 0 Å². The highest BCUT2D eigenvalue weighted by atomic mass is 16.2. The smallest absolute Gasteiger partial charge is 0.236 e. The fourth-order valence-electron chi connectivity index (χ4n) is 4.90. The summed E-state index contributed by atoms with van der Waals surface area (Å²) in [5, 5.41) is 9.86. The van der Waals surface area contributed by atoms with E-state index in [2.05, 4.69) is 29.7 Å². The highest BCUT2D eigenvalue weighted by molar-refractivity contribution is 5.78. The van der Waals surface area contributed by atoms with E-state index in [1.807, 2.05) is 4.90 Å². The monoisotopic (exact) mass is 381 g/mol. The van der Waals surface area contributed by atoms with Gasteiger partial charge in [-0.15, -0.1) is 0 Å². The van der Waals surface area contributed by atoms with Crippen LogP contribution in [0, 0.1) is 11.3 Å². The second-order valence-electron chi connectivity index (χ2n) is 8.62. The number of hydrogen-bond donors (Lipinski definition) is 0. The number of piperazine rings is 1. The quantitative estimate of drug-likeness (QED) is 0.801. The molecular weight excluding hydrogens is 350 g/mol. The van der Waals surface area contributed by atoms with Crippen LogP contribution in [0.15, 0.2) is 0 Å². The molecule has 0 aromatic carbocycles. The van der Waals surface area contributed by atoms with E-state index < -0.39 is 0 Å². The van der Waals surface area contributed by atoms with Gasteiger partial charge in [-0.1, -0.05) is 13.8 Å². The van der Waals surface area contributed by atoms with Crippen LogP contribution in [0.1, 0.15) is 61.4 Å². The number of pyridine rings is 1. The molecule has 150 valence electrons. The molecule has 0 saturated carbocycles. The van der Waals surface area contributed by atoms with Crippen LogP contribution in [0.5, 0.6) is 0 Å². The van der Waals surface area contributed by atoms with Crippen molar-refractivity contribution in [2.75, 3.05) is 50.7 Å². The molecule has 3 heterocycles. The van der Waals surface area contributed by atoms with Gasteiger partial charge in [0.25, 0.3) is 0 Å². The number of hydrogen-bond acceptors (Lipinski definition) is 5. The summed E-state index contributed by atoms with van der Waals surface area (Å²) < 4.78 is 0. The van der Waals surface area contributed by atoms with E-state index in [0.717, 1.165) is 62.5 Å². The first-order valence-corrected chi connectivity index (χ1v) is 10.8. The molecule has 0 atom stereocenters. The summed E-state index contributed by atoms with van der Waals surface area (Å²) in [5.41, 5.74) is 4.47. The number of carbonyl (C=O) groups excluding carboxylic acids is 1. The van der Waals surface area contributed by atoms with Gasteiger partial charge < -0.3 is 9.80 Å². The lowest BCUT2D eigenvalue weighted by Gasteiger charge is -2.37. The molecule has 0 N–H and O–H groups in total. The Bertz CT molecular complexity index is 783. The van der Waals surface area contributed by atoms with Crippen molar-refractivity contribution < 1.29 is 4.79 Å². The molecule has 6 heteroatoms. The molecule has 1 aromatic rings. The molecule has 2 saturated heterocycles. The van der Waals surface area contributed by atoms with Crippen LogP contribution in [0.25, 0.3) is 0 Å². The van der Waals surface area contributed by atoms with Gasteiger partial charge in [0, 0.05) is 31.9 Å². The zero-order valence-corrected chi connectivity index (χ0v) is 17.2. The fraction of sp³-hybridized carbons (Fsp3) is 0.682. The molecule has 3 aliphatic rings. The largest absolute Gasteiger partial charge is 0.352 e. The van der Waals surface area contributed by atoms with Crippen molar-refractivity contribution in [2.45, 2.75) is 51.9 Å². The Morgan fingerprint density at radius 3 is 2.36 bits per heavy atom. The first-order chi connectivity index (χ1) is 13.6. The second kappa shape index (κ2) is 8.08. The third-order valence-electron chi connectivity index (χ3n) is 6.43. The maximum atomic E-state index is 12.6. The van der Waals surface area contributed by atoms with Crippen LogP contribution >= 0.6 is 0 Å². The van der Waals surface area contributed by atoms with Crippen LogP contribution in [0.4, 0.5) is 5.82 Å². The molecule has 4 rings (SSSR count). The van der Waals surface area contributed by atoms with Crippen LogP contribution in [-0.2, 0) is 17.6 Å². The lowest BCUT2D eigenvalue weighted by atomic mass is 9.97. The van der Waals surface area contributed by atoms with Crippen molar-refractivity contribution in [1.29, 1.82) is 5.26 Å². The Hall–Kier alpha value is -2.13. The fourth-order valence-corrected chi connectivity index (χ4v) is 4.90. The topological polar surface area (TPSA) is 63.5 Å². The predicted octanol–water partition coefficient (Wildman–Crippen LogP) is 2.31. The third kappa shape index (κ3) is 3.60. The number of nitriles is 1. The normalized spacial score (nSPS) is 19.9. The molecular formula is C22H31N5O. The Morgan fingerprint density at radius 2 is 1.71 bits per heavy atom. The molecule has 1 aromatic heterocycles. The number of nitrogens with zero attached hydrogens (tertiary/aromatic N) is 5. The molecule has 0 unspecified atom stereocenters. The number of likely N-dealkylation sites (tertiary alicyclic amines) is 1. The van der Waals surface area contributed by atoms with E-state index in [1.165, 1.54) is 24.0 Å². The van der Waals surface area contributed by atoms with E-state index in [4.69, 9.17) is 4.98 Å². The average Bonchev–Trinajstić information content (AvgIpc) is 3.38. The summed E-state index contributed by atoms with van der Waals surface area (Å²) in [6, 6.07) is 2.45. The number of amides is 1. The van der Waals surface area contributed by atoms with Gasteiger partial charge in [0.05, 0.1) is 12.1 Å². The minimum Gasteiger partial charge on any atom is -0.352 e. The molecule has 1 amide bonds. The minimum atomic E-state index is 0.242. The Balaban J connectivity index is 1.49. The lowest BCUT2D eigenvalue weighted by molar-refractivity contribution is -0.132. The predicted molar refractivity (Wildman–Crippen MR) is 110 cm³/mol. The van der Waals surface area contributed by atoms with Crippen LogP contribution in [-0.4, -0.2) is 66.5 Å². The Kier molecular flexibility index (Phi) is 5.54. The van der Waals surface area contributed by atoms with Crippen LogP contribution < -0.4 is 4.90 Å². The third-order valence-corrected chi connectivity index (χ3v) is 6.43. The van der Waals surface area contributed by atoms with E-state index in [9.17, 15) is 10.1 Å². The van der Waals surface area contributed by atoms with Gasteiger partial charge in [-0.25, -0.2) is 4.98 Å². The lowest BCUT2D eigenvalue weighted by Crippen LogP contribution is -2.51. The summed E-state index contributed by atoms with van der Waals surface area (Å²) >= 11 is 0. The van der Waals surface area contributed by atoms with Crippen LogP contribution in [0.3, 0.4) is 0 Å². The van der Waals surface area contributed by atoms with Gasteiger partial charge in [-0.2, -0.15) is 5.26 Å². The highest BCUT2D eigenvalue weighted by Crippen LogP contribution is 2.35. The zero-order chi connectivity index (χ0) is 19.7. The maximum Gasteiger partial charge on any atom is 0.236 e. The first-order valence-electron chi connectivity index (χ1n) is 10.8. The first kappa shape index (κ1) is 19.2. The van der Waals surface area contributed by atoms with Crippen LogP contribution in [0.2, 0.25) is 0 Å². The van der Waals surface area contributed by atoms with Crippen molar-refractivity contribution in [3.63, 3.8) is 0 Å². The number of fused-ring (bicyclic) bond motifs is 1. The van der Waals surface area contributed by atoms with Gasteiger partial charge in [0.2, 0.25) is 5.91 Å². The van der Waals surface area contributed by atoms with Crippen molar-refractivity contribution in [2.24, 2.45) is 0 Å². The standard InChI is InChI=1S/C22H31N5O/c1-16(2)21-18-7-5-6-17(18)19(14-23)22(24-21)27-12-10-26(11-13-27)20(28)15-25-8-3-4-9-25/h16H,3-13,15H2,1-2H3. The summed E-state index contributed by atoms with van der Waals surface area (Å²) in [6.07, 6.45) is 5.57. The number of rotatable bonds is 4. The molecule has 0 spiro atoms. The van der Waals surface area contributed by atoms with E-state index in [-0.39, 0.29) is 5.91 Å². The van der Waals surface area contributed by atoms with Gasteiger partial charge in [-0.05, 0) is 62.2 Å². The summed E-state index contributed by atoms with van der Waals surface area (Å²) in [7, 11) is 0. The van der Waals surface area contributed by atoms with Gasteiger partial charge in [0.1, 0.15) is 11.9 Å². The molecule has 1 aliphatic carbocycles.